The Labute approximate surface area is 133 Å². The molecule has 5 heteroatoms. The Morgan fingerprint density at radius 2 is 1.95 bits per heavy atom. The number of hydrogen-bond donors (Lipinski definition) is 0. The van der Waals surface area contributed by atoms with E-state index in [0.29, 0.717) is 18.7 Å². The maximum Gasteiger partial charge on any atom is 0.251 e. The third kappa shape index (κ3) is 3.47. The Bertz CT molecular complexity index is 384. The predicted octanol–water partition coefficient (Wildman–Crippen LogP) is 1.66. The van der Waals surface area contributed by atoms with Crippen molar-refractivity contribution in [2.24, 2.45) is 0 Å². The Kier molecular flexibility index (Phi) is 5.37. The monoisotopic (exact) mass is 310 g/mol. The first-order valence-electron chi connectivity index (χ1n) is 8.90. The number of likely N-dealkylation sites (tertiary alicyclic amines) is 2. The van der Waals surface area contributed by atoms with Crippen molar-refractivity contribution < 1.29 is 14.3 Å². The third-order valence-corrected chi connectivity index (χ3v) is 5.51. The Balaban J connectivity index is 1.53. The van der Waals surface area contributed by atoms with Crippen molar-refractivity contribution in [3.05, 3.63) is 0 Å². The van der Waals surface area contributed by atoms with Gasteiger partial charge in [-0.15, -0.1) is 0 Å². The van der Waals surface area contributed by atoms with Crippen LogP contribution in [0.3, 0.4) is 0 Å². The van der Waals surface area contributed by atoms with E-state index in [-0.39, 0.29) is 18.1 Å². The fourth-order valence-electron chi connectivity index (χ4n) is 4.22. The zero-order chi connectivity index (χ0) is 15.5. The summed E-state index contributed by atoms with van der Waals surface area (Å²) >= 11 is 0. The molecule has 0 aromatic rings. The average Bonchev–Trinajstić information content (AvgIpc) is 3.24. The molecule has 126 valence electrons. The van der Waals surface area contributed by atoms with Gasteiger partial charge in [-0.05, 0) is 59.0 Å². The molecular formula is C17H30N2O3. The van der Waals surface area contributed by atoms with Crippen molar-refractivity contribution in [2.75, 3.05) is 33.4 Å². The molecule has 22 heavy (non-hydrogen) atoms. The van der Waals surface area contributed by atoms with Crippen molar-refractivity contribution in [3.63, 3.8) is 0 Å². The molecule has 4 atom stereocenters. The Morgan fingerprint density at radius 1 is 1.18 bits per heavy atom. The number of nitrogens with zero attached hydrogens (tertiary/aromatic N) is 2. The summed E-state index contributed by atoms with van der Waals surface area (Å²) < 4.78 is 11.4. The van der Waals surface area contributed by atoms with E-state index in [0.717, 1.165) is 45.4 Å². The molecule has 0 unspecified atom stereocenters. The normalized spacial score (nSPS) is 34.5. The van der Waals surface area contributed by atoms with Crippen LogP contribution < -0.4 is 0 Å². The van der Waals surface area contributed by atoms with Gasteiger partial charge in [-0.25, -0.2) is 0 Å². The van der Waals surface area contributed by atoms with E-state index in [4.69, 9.17) is 9.47 Å². The van der Waals surface area contributed by atoms with Crippen LogP contribution in [0.5, 0.6) is 0 Å². The van der Waals surface area contributed by atoms with Gasteiger partial charge in [0.15, 0.2) is 0 Å². The Hall–Kier alpha value is -0.650. The first-order chi connectivity index (χ1) is 10.7. The lowest BCUT2D eigenvalue weighted by molar-refractivity contribution is -0.146. The molecule has 3 rings (SSSR count). The summed E-state index contributed by atoms with van der Waals surface area (Å²) in [6, 6.07) is 0.922. The second-order valence-corrected chi connectivity index (χ2v) is 7.04. The van der Waals surface area contributed by atoms with Crippen molar-refractivity contribution in [2.45, 2.75) is 69.7 Å². The average molecular weight is 310 g/mol. The van der Waals surface area contributed by atoms with Gasteiger partial charge in [0.05, 0.1) is 12.7 Å². The van der Waals surface area contributed by atoms with Gasteiger partial charge >= 0.3 is 0 Å². The highest BCUT2D eigenvalue weighted by Gasteiger charge is 2.39. The van der Waals surface area contributed by atoms with Crippen LogP contribution in [0.1, 0.15) is 45.4 Å². The van der Waals surface area contributed by atoms with E-state index in [1.54, 1.807) is 0 Å². The fourth-order valence-corrected chi connectivity index (χ4v) is 4.22. The molecule has 0 bridgehead atoms. The molecule has 3 aliphatic heterocycles. The molecule has 0 radical (unpaired) electrons. The number of carbonyl (C=O) groups is 1. The molecule has 0 N–H and O–H groups in total. The SMILES string of the molecule is C[C@H](OC[C@@H]1CCCO1)C(=O)N1CCC[C@H]1[C@H]1CCCN1C. The highest BCUT2D eigenvalue weighted by molar-refractivity contribution is 5.81. The van der Waals surface area contributed by atoms with Crippen LogP contribution in [-0.4, -0.2) is 73.3 Å². The molecule has 0 aliphatic carbocycles. The lowest BCUT2D eigenvalue weighted by atomic mass is 10.0. The van der Waals surface area contributed by atoms with Gasteiger partial charge in [0, 0.05) is 25.2 Å². The smallest absolute Gasteiger partial charge is 0.251 e. The van der Waals surface area contributed by atoms with E-state index in [2.05, 4.69) is 16.8 Å². The second-order valence-electron chi connectivity index (χ2n) is 7.04. The number of rotatable bonds is 5. The van der Waals surface area contributed by atoms with Crippen LogP contribution in [-0.2, 0) is 14.3 Å². The van der Waals surface area contributed by atoms with Gasteiger partial charge in [-0.1, -0.05) is 0 Å². The molecule has 1 amide bonds. The minimum Gasteiger partial charge on any atom is -0.376 e. The lowest BCUT2D eigenvalue weighted by Crippen LogP contribution is -2.50. The van der Waals surface area contributed by atoms with E-state index in [9.17, 15) is 4.79 Å². The van der Waals surface area contributed by atoms with Crippen molar-refractivity contribution in [3.8, 4) is 0 Å². The number of likely N-dealkylation sites (N-methyl/N-ethyl adjacent to an activating group) is 1. The quantitative estimate of drug-likeness (QED) is 0.774. The molecular weight excluding hydrogens is 280 g/mol. The summed E-state index contributed by atoms with van der Waals surface area (Å²) in [5, 5.41) is 0. The van der Waals surface area contributed by atoms with E-state index >= 15 is 0 Å². The van der Waals surface area contributed by atoms with Crippen molar-refractivity contribution in [1.82, 2.24) is 9.80 Å². The van der Waals surface area contributed by atoms with Gasteiger partial charge in [0.25, 0.3) is 5.91 Å². The standard InChI is InChI=1S/C17H30N2O3/c1-13(22-12-14-6-5-11-21-14)17(20)19-10-4-8-16(19)15-7-3-9-18(15)2/h13-16H,3-12H2,1-2H3/t13-,14-,15+,16-/m0/s1. The Morgan fingerprint density at radius 3 is 2.64 bits per heavy atom. The van der Waals surface area contributed by atoms with Crippen molar-refractivity contribution in [1.29, 1.82) is 0 Å². The topological polar surface area (TPSA) is 42.0 Å². The first kappa shape index (κ1) is 16.2. The summed E-state index contributed by atoms with van der Waals surface area (Å²) in [6.45, 7) is 5.33. The van der Waals surface area contributed by atoms with Gasteiger partial charge in [-0.2, -0.15) is 0 Å². The number of ether oxygens (including phenoxy) is 2. The van der Waals surface area contributed by atoms with Gasteiger partial charge in [0.1, 0.15) is 6.10 Å². The summed E-state index contributed by atoms with van der Waals surface area (Å²) in [7, 11) is 2.19. The third-order valence-electron chi connectivity index (χ3n) is 5.51. The van der Waals surface area contributed by atoms with Crippen LogP contribution in [0, 0.1) is 0 Å². The van der Waals surface area contributed by atoms with Crippen LogP contribution in [0.25, 0.3) is 0 Å². The van der Waals surface area contributed by atoms with E-state index in [1.165, 1.54) is 12.8 Å². The molecule has 0 spiro atoms. The lowest BCUT2D eigenvalue weighted by Gasteiger charge is -2.34. The molecule has 3 heterocycles. The maximum atomic E-state index is 12.8. The predicted molar refractivity (Wildman–Crippen MR) is 84.8 cm³/mol. The molecule has 0 saturated carbocycles. The maximum absolute atomic E-state index is 12.8. The largest absolute Gasteiger partial charge is 0.376 e. The van der Waals surface area contributed by atoms with Crippen LogP contribution >= 0.6 is 0 Å². The summed E-state index contributed by atoms with van der Waals surface area (Å²) in [5.41, 5.74) is 0. The molecule has 3 saturated heterocycles. The summed E-state index contributed by atoms with van der Waals surface area (Å²) in [4.78, 5) is 17.3. The molecule has 0 aromatic carbocycles. The zero-order valence-electron chi connectivity index (χ0n) is 14.0. The number of amides is 1. The van der Waals surface area contributed by atoms with E-state index in [1.807, 2.05) is 6.92 Å². The zero-order valence-corrected chi connectivity index (χ0v) is 14.0. The summed E-state index contributed by atoms with van der Waals surface area (Å²) in [5.74, 6) is 0.167. The summed E-state index contributed by atoms with van der Waals surface area (Å²) in [6.07, 6.45) is 6.74. The minimum absolute atomic E-state index is 0.167. The van der Waals surface area contributed by atoms with Crippen LogP contribution in [0.4, 0.5) is 0 Å². The van der Waals surface area contributed by atoms with Crippen LogP contribution in [0.15, 0.2) is 0 Å². The molecule has 3 aliphatic rings. The number of hydrogen-bond acceptors (Lipinski definition) is 4. The van der Waals surface area contributed by atoms with Gasteiger partial charge in [-0.3, -0.25) is 4.79 Å². The first-order valence-corrected chi connectivity index (χ1v) is 8.90. The van der Waals surface area contributed by atoms with Crippen LogP contribution in [0.2, 0.25) is 0 Å². The number of carbonyl (C=O) groups excluding carboxylic acids is 1. The molecule has 5 nitrogen and oxygen atoms in total. The fraction of sp³-hybridized carbons (Fsp3) is 0.941. The van der Waals surface area contributed by atoms with Gasteiger partial charge < -0.3 is 19.3 Å². The highest BCUT2D eigenvalue weighted by Crippen LogP contribution is 2.29. The minimum atomic E-state index is -0.350. The molecule has 3 fully saturated rings. The van der Waals surface area contributed by atoms with E-state index < -0.39 is 0 Å². The molecule has 0 aromatic heterocycles. The van der Waals surface area contributed by atoms with Gasteiger partial charge in [0.2, 0.25) is 0 Å². The van der Waals surface area contributed by atoms with Crippen molar-refractivity contribution >= 4 is 5.91 Å². The highest BCUT2D eigenvalue weighted by atomic mass is 16.5. The second kappa shape index (κ2) is 7.28.